The van der Waals surface area contributed by atoms with E-state index in [0.717, 1.165) is 0 Å². The van der Waals surface area contributed by atoms with Crippen LogP contribution in [0.4, 0.5) is 5.69 Å². The smallest absolute Gasteiger partial charge is 0.337 e. The lowest BCUT2D eigenvalue weighted by atomic mass is 10.2. The molecule has 134 valence electrons. The van der Waals surface area contributed by atoms with Gasteiger partial charge in [-0.05, 0) is 30.3 Å². The van der Waals surface area contributed by atoms with Gasteiger partial charge in [-0.25, -0.2) is 4.79 Å². The number of rotatable bonds is 6. The fourth-order valence-corrected chi connectivity index (χ4v) is 2.94. The highest BCUT2D eigenvalue weighted by atomic mass is 32.2. The van der Waals surface area contributed by atoms with Crippen molar-refractivity contribution in [3.05, 3.63) is 48.2 Å². The molecule has 1 aromatic carbocycles. The van der Waals surface area contributed by atoms with Crippen LogP contribution >= 0.6 is 11.8 Å². The Morgan fingerprint density at radius 2 is 2.12 bits per heavy atom. The number of furan rings is 1. The predicted octanol–water partition coefficient (Wildman–Crippen LogP) is 2.59. The van der Waals surface area contributed by atoms with Gasteiger partial charge in [0.2, 0.25) is 5.91 Å². The number of anilines is 1. The van der Waals surface area contributed by atoms with Gasteiger partial charge in [-0.1, -0.05) is 17.8 Å². The maximum absolute atomic E-state index is 12.2. The van der Waals surface area contributed by atoms with Crippen LogP contribution in [-0.2, 0) is 16.6 Å². The molecule has 1 N–H and O–H groups in total. The van der Waals surface area contributed by atoms with Crippen molar-refractivity contribution in [1.82, 2.24) is 14.8 Å². The van der Waals surface area contributed by atoms with Crippen LogP contribution in [0.15, 0.2) is 52.2 Å². The highest BCUT2D eigenvalue weighted by Gasteiger charge is 2.15. The molecular formula is C17H16N4O4S. The summed E-state index contributed by atoms with van der Waals surface area (Å²) >= 11 is 1.25. The fourth-order valence-electron chi connectivity index (χ4n) is 2.23. The van der Waals surface area contributed by atoms with Crippen molar-refractivity contribution in [2.24, 2.45) is 7.05 Å². The van der Waals surface area contributed by atoms with E-state index in [1.54, 1.807) is 54.3 Å². The highest BCUT2D eigenvalue weighted by Crippen LogP contribution is 2.23. The summed E-state index contributed by atoms with van der Waals surface area (Å²) in [4.78, 5) is 23.7. The van der Waals surface area contributed by atoms with Crippen LogP contribution in [0.25, 0.3) is 11.6 Å². The van der Waals surface area contributed by atoms with Crippen LogP contribution in [0.2, 0.25) is 0 Å². The third kappa shape index (κ3) is 3.94. The van der Waals surface area contributed by atoms with Gasteiger partial charge in [-0.15, -0.1) is 10.2 Å². The first-order chi connectivity index (χ1) is 12.6. The van der Waals surface area contributed by atoms with Gasteiger partial charge >= 0.3 is 5.97 Å². The summed E-state index contributed by atoms with van der Waals surface area (Å²) in [6, 6.07) is 10.1. The zero-order chi connectivity index (χ0) is 18.5. The molecule has 1 amide bonds. The molecule has 3 rings (SSSR count). The summed E-state index contributed by atoms with van der Waals surface area (Å²) in [6.45, 7) is 0. The van der Waals surface area contributed by atoms with Crippen LogP contribution in [0.1, 0.15) is 10.4 Å². The number of carbonyl (C=O) groups excluding carboxylic acids is 2. The van der Waals surface area contributed by atoms with Gasteiger partial charge in [0.1, 0.15) is 0 Å². The molecule has 0 fully saturated rings. The zero-order valence-electron chi connectivity index (χ0n) is 14.1. The summed E-state index contributed by atoms with van der Waals surface area (Å²) < 4.78 is 11.7. The first kappa shape index (κ1) is 17.7. The fraction of sp³-hybridized carbons (Fsp3) is 0.176. The maximum Gasteiger partial charge on any atom is 0.337 e. The van der Waals surface area contributed by atoms with Gasteiger partial charge in [0, 0.05) is 12.7 Å². The molecule has 0 radical (unpaired) electrons. The molecule has 0 spiro atoms. The van der Waals surface area contributed by atoms with E-state index in [2.05, 4.69) is 20.3 Å². The van der Waals surface area contributed by atoms with Crippen LogP contribution in [0, 0.1) is 0 Å². The number of esters is 1. The molecule has 2 aromatic heterocycles. The summed E-state index contributed by atoms with van der Waals surface area (Å²) in [5.41, 5.74) is 0.891. The van der Waals surface area contributed by atoms with E-state index in [9.17, 15) is 9.59 Å². The van der Waals surface area contributed by atoms with E-state index < -0.39 is 5.97 Å². The van der Waals surface area contributed by atoms with Crippen molar-refractivity contribution >= 4 is 29.3 Å². The van der Waals surface area contributed by atoms with Crippen LogP contribution in [-0.4, -0.2) is 39.5 Å². The van der Waals surface area contributed by atoms with Crippen LogP contribution in [0.3, 0.4) is 0 Å². The van der Waals surface area contributed by atoms with Crippen molar-refractivity contribution in [1.29, 1.82) is 0 Å². The first-order valence-corrected chi connectivity index (χ1v) is 8.61. The minimum atomic E-state index is -0.458. The molecule has 0 unspecified atom stereocenters. The number of amides is 1. The lowest BCUT2D eigenvalue weighted by Crippen LogP contribution is -2.15. The van der Waals surface area contributed by atoms with Crippen molar-refractivity contribution in [3.8, 4) is 11.6 Å². The molecule has 8 nitrogen and oxygen atoms in total. The Labute approximate surface area is 153 Å². The molecule has 2 heterocycles. The van der Waals surface area contributed by atoms with Gasteiger partial charge < -0.3 is 19.0 Å². The van der Waals surface area contributed by atoms with Crippen molar-refractivity contribution in [2.45, 2.75) is 5.16 Å². The van der Waals surface area contributed by atoms with Gasteiger partial charge in [0.05, 0.1) is 24.7 Å². The second-order valence-corrected chi connectivity index (χ2v) is 6.19. The van der Waals surface area contributed by atoms with Crippen molar-refractivity contribution in [3.63, 3.8) is 0 Å². The summed E-state index contributed by atoms with van der Waals surface area (Å²) in [6.07, 6.45) is 1.56. The van der Waals surface area contributed by atoms with E-state index in [-0.39, 0.29) is 11.7 Å². The second-order valence-electron chi connectivity index (χ2n) is 5.25. The van der Waals surface area contributed by atoms with E-state index in [1.807, 2.05) is 0 Å². The Bertz CT molecular complexity index is 921. The van der Waals surface area contributed by atoms with Crippen molar-refractivity contribution < 1.29 is 18.7 Å². The largest absolute Gasteiger partial charge is 0.465 e. The Hall–Kier alpha value is -3.07. The standard InChI is InChI=1S/C17H16N4O4S/c1-21-15(13-7-4-8-25-13)19-20-17(21)26-10-14(22)18-12-6-3-5-11(9-12)16(23)24-2/h3-9H,10H2,1-2H3,(H,18,22). The summed E-state index contributed by atoms with van der Waals surface area (Å²) in [5, 5.41) is 11.5. The number of hydrogen-bond acceptors (Lipinski definition) is 7. The Morgan fingerprint density at radius 3 is 2.85 bits per heavy atom. The number of nitrogens with one attached hydrogen (secondary N) is 1. The second kappa shape index (κ2) is 7.87. The van der Waals surface area contributed by atoms with Gasteiger partial charge in [-0.3, -0.25) is 4.79 Å². The molecular weight excluding hydrogens is 356 g/mol. The van der Waals surface area contributed by atoms with Crippen molar-refractivity contribution in [2.75, 3.05) is 18.2 Å². The Morgan fingerprint density at radius 1 is 1.27 bits per heavy atom. The zero-order valence-corrected chi connectivity index (χ0v) is 14.9. The topological polar surface area (TPSA) is 99.2 Å². The first-order valence-electron chi connectivity index (χ1n) is 7.63. The molecule has 3 aromatic rings. The molecule has 26 heavy (non-hydrogen) atoms. The van der Waals surface area contributed by atoms with E-state index in [4.69, 9.17) is 4.42 Å². The van der Waals surface area contributed by atoms with E-state index in [1.165, 1.54) is 18.9 Å². The number of nitrogens with zero attached hydrogens (tertiary/aromatic N) is 3. The molecule has 0 bridgehead atoms. The number of methoxy groups -OCH3 is 1. The lowest BCUT2D eigenvalue weighted by Gasteiger charge is -2.06. The van der Waals surface area contributed by atoms with E-state index >= 15 is 0 Å². The summed E-state index contributed by atoms with van der Waals surface area (Å²) in [5.74, 6) is 0.659. The lowest BCUT2D eigenvalue weighted by molar-refractivity contribution is -0.113. The Balaban J connectivity index is 1.61. The quantitative estimate of drug-likeness (QED) is 0.524. The molecule has 0 atom stereocenters. The molecule has 0 aliphatic carbocycles. The van der Waals surface area contributed by atoms with E-state index in [0.29, 0.717) is 28.0 Å². The number of ether oxygens (including phenoxy) is 1. The van der Waals surface area contributed by atoms with Gasteiger partial charge in [0.25, 0.3) is 0 Å². The molecule has 0 aliphatic heterocycles. The third-order valence-corrected chi connectivity index (χ3v) is 4.50. The average molecular weight is 372 g/mol. The third-order valence-electron chi connectivity index (χ3n) is 3.48. The maximum atomic E-state index is 12.2. The minimum absolute atomic E-state index is 0.145. The molecule has 0 saturated heterocycles. The number of aromatic nitrogens is 3. The van der Waals surface area contributed by atoms with Gasteiger partial charge in [-0.2, -0.15) is 0 Å². The normalized spacial score (nSPS) is 10.5. The monoisotopic (exact) mass is 372 g/mol. The average Bonchev–Trinajstić information content (AvgIpc) is 3.29. The Kier molecular flexibility index (Phi) is 5.37. The van der Waals surface area contributed by atoms with Crippen LogP contribution in [0.5, 0.6) is 0 Å². The molecule has 9 heteroatoms. The number of carbonyl (C=O) groups is 2. The van der Waals surface area contributed by atoms with Crippen LogP contribution < -0.4 is 5.32 Å². The summed E-state index contributed by atoms with van der Waals surface area (Å²) in [7, 11) is 3.11. The SMILES string of the molecule is COC(=O)c1cccc(NC(=O)CSc2nnc(-c3ccco3)n2C)c1. The molecule has 0 saturated carbocycles. The number of benzene rings is 1. The number of thioether (sulfide) groups is 1. The molecule has 0 aliphatic rings. The number of hydrogen-bond donors (Lipinski definition) is 1. The minimum Gasteiger partial charge on any atom is -0.465 e. The predicted molar refractivity (Wildman–Crippen MR) is 95.8 cm³/mol. The highest BCUT2D eigenvalue weighted by molar-refractivity contribution is 7.99. The van der Waals surface area contributed by atoms with Gasteiger partial charge in [0.15, 0.2) is 16.7 Å².